The third kappa shape index (κ3) is 10.5. The molecule has 172 valence electrons. The Hall–Kier alpha value is -2.31. The molecule has 0 bridgehead atoms. The van der Waals surface area contributed by atoms with E-state index in [2.05, 4.69) is 40.3 Å². The molecule has 0 atom stereocenters. The Morgan fingerprint density at radius 3 is 2.42 bits per heavy atom. The fraction of sp³-hybridized carbons (Fsp3) is 0.400. The minimum atomic E-state index is -4.14. The Labute approximate surface area is 182 Å². The van der Waals surface area contributed by atoms with Gasteiger partial charge in [-0.15, -0.1) is 4.33 Å². The summed E-state index contributed by atoms with van der Waals surface area (Å²) in [5.74, 6) is -0.125. The number of nitrogens with one attached hydrogen (secondary N) is 3. The van der Waals surface area contributed by atoms with Gasteiger partial charge in [-0.3, -0.25) is 4.55 Å². The van der Waals surface area contributed by atoms with Crippen LogP contribution in [0.2, 0.25) is 0 Å². The van der Waals surface area contributed by atoms with Crippen LogP contribution in [0.5, 0.6) is 0 Å². The molecule has 0 spiro atoms. The van der Waals surface area contributed by atoms with Crippen LogP contribution in [0.25, 0.3) is 0 Å². The molecule has 0 aliphatic rings. The van der Waals surface area contributed by atoms with Gasteiger partial charge in [-0.2, -0.15) is 23.4 Å². The number of aromatic nitrogens is 3. The molecule has 1 aromatic heterocycles. The summed E-state index contributed by atoms with van der Waals surface area (Å²) in [5, 5.41) is 29.2. The van der Waals surface area contributed by atoms with E-state index >= 15 is 0 Å². The van der Waals surface area contributed by atoms with E-state index in [-0.39, 0.29) is 37.6 Å². The summed E-state index contributed by atoms with van der Waals surface area (Å²) in [7, 11) is -4.14. The predicted octanol–water partition coefficient (Wildman–Crippen LogP) is 0.764. The number of anilines is 4. The molecule has 0 unspecified atom stereocenters. The zero-order chi connectivity index (χ0) is 22.5. The van der Waals surface area contributed by atoms with Crippen LogP contribution in [0, 0.1) is 0 Å². The monoisotopic (exact) mass is 478 g/mol. The molecule has 0 radical (unpaired) electrons. The number of hydrogen-bond donors (Lipinski definition) is 6. The van der Waals surface area contributed by atoms with Crippen LogP contribution in [0.1, 0.15) is 0 Å². The van der Waals surface area contributed by atoms with E-state index in [0.717, 1.165) is 12.0 Å². The first-order valence-electron chi connectivity index (χ1n) is 8.79. The molecule has 6 N–H and O–H groups in total. The van der Waals surface area contributed by atoms with E-state index < -0.39 is 15.9 Å². The van der Waals surface area contributed by atoms with Crippen LogP contribution in [0.4, 0.5) is 23.5 Å². The van der Waals surface area contributed by atoms with Gasteiger partial charge in [-0.25, -0.2) is 5.26 Å². The number of rotatable bonds is 15. The highest BCUT2D eigenvalue weighted by Gasteiger charge is 2.10. The quantitative estimate of drug-likeness (QED) is 0.0689. The molecule has 1 heterocycles. The minimum absolute atomic E-state index is 0.0717. The van der Waals surface area contributed by atoms with Crippen molar-refractivity contribution in [2.45, 2.75) is 4.90 Å². The van der Waals surface area contributed by atoms with Crippen LogP contribution in [0.3, 0.4) is 0 Å². The van der Waals surface area contributed by atoms with E-state index in [9.17, 15) is 8.42 Å². The first-order valence-corrected chi connectivity index (χ1v) is 11.1. The molecular formula is C15H22N6O8S2. The van der Waals surface area contributed by atoms with E-state index in [1.807, 2.05) is 0 Å². The Bertz CT molecular complexity index is 920. The third-order valence-corrected chi connectivity index (χ3v) is 4.59. The van der Waals surface area contributed by atoms with Gasteiger partial charge in [0.25, 0.3) is 10.1 Å². The van der Waals surface area contributed by atoms with Crippen molar-refractivity contribution < 1.29 is 37.4 Å². The number of aliphatic hydroxyl groups is 1. The van der Waals surface area contributed by atoms with Crippen molar-refractivity contribution >= 4 is 45.7 Å². The summed E-state index contributed by atoms with van der Waals surface area (Å²) in [6.07, 6.45) is 0. The molecule has 31 heavy (non-hydrogen) atoms. The average molecular weight is 479 g/mol. The highest BCUT2D eigenvalue weighted by molar-refractivity contribution is 7.94. The van der Waals surface area contributed by atoms with Crippen LogP contribution in [-0.2, 0) is 24.2 Å². The lowest BCUT2D eigenvalue weighted by molar-refractivity contribution is -0.432. The molecule has 0 saturated heterocycles. The lowest BCUT2D eigenvalue weighted by atomic mass is 10.3. The number of benzene rings is 1. The molecule has 0 aliphatic carbocycles. The van der Waals surface area contributed by atoms with Crippen molar-refractivity contribution in [1.29, 1.82) is 0 Å². The summed E-state index contributed by atoms with van der Waals surface area (Å²) in [4.78, 5) is 13.2. The summed E-state index contributed by atoms with van der Waals surface area (Å²) >= 11 is 0.780. The first-order chi connectivity index (χ1) is 14.9. The standard InChI is InChI=1S/C15H22N6O8S2/c22-6-8-27-7-4-16-13-19-14(17-5-9-31(24,25)26)21-15(20-13)18-11-2-1-3-12(10-11)30-29-28-23/h1-3,10,22-23H,4-9H2,(H,24,25,26)(H3,16,17,18,19,20,21). The molecule has 0 fully saturated rings. The molecule has 0 amide bonds. The number of aliphatic hydroxyl groups excluding tert-OH is 1. The Kier molecular flexibility index (Phi) is 10.6. The fourth-order valence-electron chi connectivity index (χ4n) is 2.09. The van der Waals surface area contributed by atoms with Crippen LogP contribution < -0.4 is 16.0 Å². The normalized spacial score (nSPS) is 11.3. The second-order valence-corrected chi connectivity index (χ2v) is 8.01. The number of ether oxygens (including phenoxy) is 1. The highest BCUT2D eigenvalue weighted by Crippen LogP contribution is 2.24. The van der Waals surface area contributed by atoms with Crippen molar-refractivity contribution in [3.63, 3.8) is 0 Å². The largest absolute Gasteiger partial charge is 0.394 e. The highest BCUT2D eigenvalue weighted by atomic mass is 32.2. The third-order valence-electron chi connectivity index (χ3n) is 3.29. The summed E-state index contributed by atoms with van der Waals surface area (Å²) in [5.41, 5.74) is 0.582. The van der Waals surface area contributed by atoms with Gasteiger partial charge in [-0.05, 0) is 18.2 Å². The summed E-state index contributed by atoms with van der Waals surface area (Å²) in [6.45, 7) is 0.638. The van der Waals surface area contributed by atoms with Gasteiger partial charge >= 0.3 is 0 Å². The van der Waals surface area contributed by atoms with Crippen molar-refractivity contribution in [3.05, 3.63) is 24.3 Å². The molecule has 16 heteroatoms. The average Bonchev–Trinajstić information content (AvgIpc) is 2.71. The van der Waals surface area contributed by atoms with Crippen molar-refractivity contribution in [2.24, 2.45) is 0 Å². The molecule has 1 aromatic carbocycles. The van der Waals surface area contributed by atoms with Gasteiger partial charge in [0.15, 0.2) is 0 Å². The molecule has 0 saturated carbocycles. The number of hydrogen-bond acceptors (Lipinski definition) is 14. The van der Waals surface area contributed by atoms with Crippen molar-refractivity contribution in [3.8, 4) is 0 Å². The molecule has 2 rings (SSSR count). The van der Waals surface area contributed by atoms with Crippen molar-refractivity contribution in [2.75, 3.05) is 54.6 Å². The Morgan fingerprint density at radius 2 is 1.74 bits per heavy atom. The minimum Gasteiger partial charge on any atom is -0.394 e. The molecule has 2 aromatic rings. The smallest absolute Gasteiger partial charge is 0.266 e. The molecular weight excluding hydrogens is 456 g/mol. The second kappa shape index (κ2) is 13.2. The fourth-order valence-corrected chi connectivity index (χ4v) is 2.87. The second-order valence-electron chi connectivity index (χ2n) is 5.66. The number of nitrogens with zero attached hydrogens (tertiary/aromatic N) is 3. The summed E-state index contributed by atoms with van der Waals surface area (Å²) < 4.78 is 40.2. The zero-order valence-corrected chi connectivity index (χ0v) is 17.7. The topological polar surface area (TPSA) is 197 Å². The van der Waals surface area contributed by atoms with E-state index in [1.165, 1.54) is 0 Å². The SMILES string of the molecule is O=S(=O)(O)CCNc1nc(NCCOCCO)nc(Nc2cccc(SOOO)c2)n1. The van der Waals surface area contributed by atoms with Crippen molar-refractivity contribution in [1.82, 2.24) is 15.0 Å². The van der Waals surface area contributed by atoms with Crippen LogP contribution in [0.15, 0.2) is 29.2 Å². The Balaban J connectivity index is 2.11. The van der Waals surface area contributed by atoms with Gasteiger partial charge in [0.1, 0.15) is 0 Å². The molecule has 14 nitrogen and oxygen atoms in total. The summed E-state index contributed by atoms with van der Waals surface area (Å²) in [6, 6.07) is 6.84. The van der Waals surface area contributed by atoms with Crippen LogP contribution >= 0.6 is 12.0 Å². The maximum absolute atomic E-state index is 10.9. The van der Waals surface area contributed by atoms with Gasteiger partial charge in [0.2, 0.25) is 17.8 Å². The lowest BCUT2D eigenvalue weighted by Crippen LogP contribution is -2.18. The predicted molar refractivity (Wildman–Crippen MR) is 112 cm³/mol. The maximum atomic E-state index is 10.9. The van der Waals surface area contributed by atoms with Gasteiger partial charge in [-0.1, -0.05) is 11.1 Å². The van der Waals surface area contributed by atoms with E-state index in [0.29, 0.717) is 23.7 Å². The van der Waals surface area contributed by atoms with Crippen LogP contribution in [-0.4, -0.2) is 76.9 Å². The van der Waals surface area contributed by atoms with Gasteiger partial charge in [0, 0.05) is 23.7 Å². The zero-order valence-electron chi connectivity index (χ0n) is 16.1. The van der Waals surface area contributed by atoms with Gasteiger partial charge in [0.05, 0.1) is 37.6 Å². The lowest BCUT2D eigenvalue weighted by Gasteiger charge is -2.11. The first kappa shape index (κ1) is 25.0. The Morgan fingerprint density at radius 1 is 1.03 bits per heavy atom. The van der Waals surface area contributed by atoms with E-state index in [4.69, 9.17) is 19.7 Å². The van der Waals surface area contributed by atoms with E-state index in [1.54, 1.807) is 24.3 Å². The molecule has 0 aliphatic heterocycles. The van der Waals surface area contributed by atoms with Gasteiger partial charge < -0.3 is 25.8 Å². The maximum Gasteiger partial charge on any atom is 0.266 e.